The topological polar surface area (TPSA) is 55.9 Å². The van der Waals surface area contributed by atoms with E-state index < -0.39 is 0 Å². The first-order valence-electron chi connectivity index (χ1n) is 7.79. The first kappa shape index (κ1) is 17.0. The highest BCUT2D eigenvalue weighted by molar-refractivity contribution is 6.30. The number of hydrogen-bond acceptors (Lipinski definition) is 3. The van der Waals surface area contributed by atoms with Gasteiger partial charge in [-0.15, -0.1) is 0 Å². The predicted molar refractivity (Wildman–Crippen MR) is 92.1 cm³/mol. The van der Waals surface area contributed by atoms with Crippen molar-refractivity contribution in [2.45, 2.75) is 38.8 Å². The van der Waals surface area contributed by atoms with E-state index in [0.29, 0.717) is 6.54 Å². The maximum Gasteiger partial charge on any atom is 0.0950 e. The van der Waals surface area contributed by atoms with Crippen LogP contribution in [0, 0.1) is 0 Å². The van der Waals surface area contributed by atoms with Crippen molar-refractivity contribution in [1.82, 2.24) is 14.9 Å². The molecule has 4 nitrogen and oxygen atoms in total. The molecule has 0 aliphatic rings. The van der Waals surface area contributed by atoms with Gasteiger partial charge in [0.05, 0.1) is 17.6 Å². The van der Waals surface area contributed by atoms with Gasteiger partial charge in [-0.1, -0.05) is 30.7 Å². The van der Waals surface area contributed by atoms with Crippen LogP contribution in [0.5, 0.6) is 0 Å². The Kier molecular flexibility index (Phi) is 6.00. The van der Waals surface area contributed by atoms with Crippen molar-refractivity contribution in [3.8, 4) is 0 Å². The van der Waals surface area contributed by atoms with Crippen LogP contribution in [0.1, 0.15) is 31.5 Å². The SMILES string of the molecule is CCCNC(C)(Cn1cnc(CCN)c1)c1ccc(Cl)cc1. The van der Waals surface area contributed by atoms with E-state index in [1.54, 1.807) is 0 Å². The zero-order chi connectivity index (χ0) is 16.0. The Hall–Kier alpha value is -1.36. The Morgan fingerprint density at radius 3 is 2.68 bits per heavy atom. The summed E-state index contributed by atoms with van der Waals surface area (Å²) in [5.74, 6) is 0. The minimum Gasteiger partial charge on any atom is -0.335 e. The first-order valence-corrected chi connectivity index (χ1v) is 8.17. The molecule has 5 heteroatoms. The Labute approximate surface area is 137 Å². The molecule has 1 atom stereocenters. The molecule has 3 N–H and O–H groups in total. The maximum atomic E-state index is 6.02. The Bertz CT molecular complexity index is 579. The van der Waals surface area contributed by atoms with Crippen molar-refractivity contribution < 1.29 is 0 Å². The molecule has 1 aromatic heterocycles. The normalized spacial score (nSPS) is 14.0. The molecule has 2 rings (SSSR count). The number of nitrogens with two attached hydrogens (primary N) is 1. The fourth-order valence-corrected chi connectivity index (χ4v) is 2.73. The number of benzene rings is 1. The fourth-order valence-electron chi connectivity index (χ4n) is 2.60. The Morgan fingerprint density at radius 1 is 1.32 bits per heavy atom. The van der Waals surface area contributed by atoms with E-state index >= 15 is 0 Å². The summed E-state index contributed by atoms with van der Waals surface area (Å²) < 4.78 is 2.13. The molecule has 1 unspecified atom stereocenters. The summed E-state index contributed by atoms with van der Waals surface area (Å²) in [5, 5.41) is 4.41. The molecule has 0 fully saturated rings. The molecule has 0 amide bonds. The molecular weight excluding hydrogens is 296 g/mol. The van der Waals surface area contributed by atoms with Crippen LogP contribution in [0.3, 0.4) is 0 Å². The van der Waals surface area contributed by atoms with Crippen molar-refractivity contribution in [1.29, 1.82) is 0 Å². The van der Waals surface area contributed by atoms with E-state index in [4.69, 9.17) is 17.3 Å². The van der Waals surface area contributed by atoms with Crippen molar-refractivity contribution in [2.24, 2.45) is 5.73 Å². The monoisotopic (exact) mass is 320 g/mol. The quantitative estimate of drug-likeness (QED) is 0.786. The summed E-state index contributed by atoms with van der Waals surface area (Å²) in [6.07, 6.45) is 5.86. The molecule has 0 saturated heterocycles. The summed E-state index contributed by atoms with van der Waals surface area (Å²) in [5.41, 5.74) is 7.69. The van der Waals surface area contributed by atoms with Gasteiger partial charge in [-0.3, -0.25) is 0 Å². The molecule has 0 aliphatic carbocycles. The van der Waals surface area contributed by atoms with Crippen LogP contribution in [0.2, 0.25) is 5.02 Å². The van der Waals surface area contributed by atoms with Gasteiger partial charge < -0.3 is 15.6 Å². The molecule has 0 spiro atoms. The highest BCUT2D eigenvalue weighted by Gasteiger charge is 2.26. The minimum atomic E-state index is -0.165. The lowest BCUT2D eigenvalue weighted by Crippen LogP contribution is -2.43. The molecule has 0 radical (unpaired) electrons. The number of halogens is 1. The summed E-state index contributed by atoms with van der Waals surface area (Å²) in [7, 11) is 0. The maximum absolute atomic E-state index is 6.02. The van der Waals surface area contributed by atoms with E-state index in [1.165, 1.54) is 5.56 Å². The third kappa shape index (κ3) is 4.32. The molecule has 22 heavy (non-hydrogen) atoms. The highest BCUT2D eigenvalue weighted by Crippen LogP contribution is 2.25. The number of aromatic nitrogens is 2. The van der Waals surface area contributed by atoms with Crippen LogP contribution in [0.15, 0.2) is 36.8 Å². The fraction of sp³-hybridized carbons (Fsp3) is 0.471. The van der Waals surface area contributed by atoms with Crippen LogP contribution >= 0.6 is 11.6 Å². The average Bonchev–Trinajstić information content (AvgIpc) is 2.93. The van der Waals surface area contributed by atoms with Gasteiger partial charge in [-0.2, -0.15) is 0 Å². The summed E-state index contributed by atoms with van der Waals surface area (Å²) in [6, 6.07) is 8.05. The molecule has 0 saturated carbocycles. The molecule has 1 heterocycles. The van der Waals surface area contributed by atoms with E-state index in [-0.39, 0.29) is 5.54 Å². The van der Waals surface area contributed by atoms with E-state index in [1.807, 2.05) is 18.5 Å². The average molecular weight is 321 g/mol. The standard InChI is InChI=1S/C17H25ClN4/c1-3-10-21-17(2,14-4-6-15(18)7-5-14)12-22-11-16(8-9-19)20-13-22/h4-7,11,13,21H,3,8-10,12,19H2,1-2H3. The van der Waals surface area contributed by atoms with Crippen LogP contribution in [-0.4, -0.2) is 22.6 Å². The lowest BCUT2D eigenvalue weighted by Gasteiger charge is -2.32. The number of hydrogen-bond donors (Lipinski definition) is 2. The summed E-state index contributed by atoms with van der Waals surface area (Å²) in [4.78, 5) is 4.41. The van der Waals surface area contributed by atoms with Gasteiger partial charge in [-0.25, -0.2) is 4.98 Å². The molecule has 1 aromatic carbocycles. The second-order valence-electron chi connectivity index (χ2n) is 5.84. The second kappa shape index (κ2) is 7.77. The lowest BCUT2D eigenvalue weighted by molar-refractivity contribution is 0.315. The van der Waals surface area contributed by atoms with E-state index in [2.05, 4.69) is 47.0 Å². The van der Waals surface area contributed by atoms with Gasteiger partial charge in [0.2, 0.25) is 0 Å². The molecule has 120 valence electrons. The largest absolute Gasteiger partial charge is 0.335 e. The Morgan fingerprint density at radius 2 is 2.05 bits per heavy atom. The van der Waals surface area contributed by atoms with Crippen molar-refractivity contribution >= 4 is 11.6 Å². The Balaban J connectivity index is 2.21. The van der Waals surface area contributed by atoms with Gasteiger partial charge in [0.25, 0.3) is 0 Å². The van der Waals surface area contributed by atoms with E-state index in [9.17, 15) is 0 Å². The smallest absolute Gasteiger partial charge is 0.0950 e. The molecular formula is C17H25ClN4. The van der Waals surface area contributed by atoms with Crippen molar-refractivity contribution in [3.63, 3.8) is 0 Å². The van der Waals surface area contributed by atoms with Gasteiger partial charge >= 0.3 is 0 Å². The highest BCUT2D eigenvalue weighted by atomic mass is 35.5. The van der Waals surface area contributed by atoms with Gasteiger partial charge in [0.15, 0.2) is 0 Å². The zero-order valence-corrected chi connectivity index (χ0v) is 14.1. The number of imidazole rings is 1. The third-order valence-electron chi connectivity index (χ3n) is 3.83. The van der Waals surface area contributed by atoms with Gasteiger partial charge in [-0.05, 0) is 44.1 Å². The van der Waals surface area contributed by atoms with Gasteiger partial charge in [0.1, 0.15) is 0 Å². The van der Waals surface area contributed by atoms with Crippen LogP contribution < -0.4 is 11.1 Å². The molecule has 0 bridgehead atoms. The van der Waals surface area contributed by atoms with Crippen LogP contribution in [-0.2, 0) is 18.5 Å². The third-order valence-corrected chi connectivity index (χ3v) is 4.08. The number of nitrogens with one attached hydrogen (secondary N) is 1. The zero-order valence-electron chi connectivity index (χ0n) is 13.3. The van der Waals surface area contributed by atoms with Crippen molar-refractivity contribution in [2.75, 3.05) is 13.1 Å². The number of rotatable bonds is 8. The van der Waals surface area contributed by atoms with E-state index in [0.717, 1.165) is 36.6 Å². The van der Waals surface area contributed by atoms with Crippen LogP contribution in [0.4, 0.5) is 0 Å². The second-order valence-corrected chi connectivity index (χ2v) is 6.28. The molecule has 0 aliphatic heterocycles. The minimum absolute atomic E-state index is 0.165. The van der Waals surface area contributed by atoms with Crippen molar-refractivity contribution in [3.05, 3.63) is 53.1 Å². The first-order chi connectivity index (χ1) is 10.6. The number of nitrogens with zero attached hydrogens (tertiary/aromatic N) is 2. The summed E-state index contributed by atoms with van der Waals surface area (Å²) >= 11 is 6.02. The predicted octanol–water partition coefficient (Wildman–Crippen LogP) is 2.95. The molecule has 2 aromatic rings. The lowest BCUT2D eigenvalue weighted by atomic mass is 9.91. The van der Waals surface area contributed by atoms with Gasteiger partial charge in [0, 0.05) is 24.2 Å². The van der Waals surface area contributed by atoms with Crippen LogP contribution in [0.25, 0.3) is 0 Å². The summed E-state index contributed by atoms with van der Waals surface area (Å²) in [6.45, 7) is 6.79.